The molecule has 212 valence electrons. The van der Waals surface area contributed by atoms with Crippen LogP contribution in [0.5, 0.6) is 0 Å². The Morgan fingerprint density at radius 1 is 0.949 bits per heavy atom. The quantitative estimate of drug-likeness (QED) is 0.127. The molecule has 0 radical (unpaired) electrons. The Kier molecular flexibility index (Phi) is 13.0. The third-order valence-electron chi connectivity index (χ3n) is 5.79. The molecule has 0 bridgehead atoms. The number of aromatic amines is 1. The Labute approximate surface area is 230 Å². The van der Waals surface area contributed by atoms with Crippen molar-refractivity contribution < 1.29 is 29.1 Å². The summed E-state index contributed by atoms with van der Waals surface area (Å²) in [6.45, 7) is 0. The first-order chi connectivity index (χ1) is 18.6. The summed E-state index contributed by atoms with van der Waals surface area (Å²) in [6, 6.07) is 4.29. The van der Waals surface area contributed by atoms with Gasteiger partial charge in [-0.3, -0.25) is 19.2 Å². The highest BCUT2D eigenvalue weighted by molar-refractivity contribution is 7.98. The molecule has 39 heavy (non-hydrogen) atoms. The minimum Gasteiger partial charge on any atom is -0.480 e. The van der Waals surface area contributed by atoms with E-state index in [1.54, 1.807) is 30.3 Å². The number of carboxylic acids is 1. The second-order valence-corrected chi connectivity index (χ2v) is 9.87. The molecule has 4 amide bonds. The van der Waals surface area contributed by atoms with Gasteiger partial charge in [-0.05, 0) is 30.4 Å². The van der Waals surface area contributed by atoms with Crippen molar-refractivity contribution in [1.29, 1.82) is 0 Å². The maximum Gasteiger partial charge on any atom is 0.326 e. The molecule has 4 atom stereocenters. The number of carbonyl (C=O) groups is 5. The van der Waals surface area contributed by atoms with Crippen molar-refractivity contribution in [1.82, 2.24) is 25.9 Å². The minimum atomic E-state index is -1.39. The number of rotatable bonds is 17. The SMILES string of the molecule is CSCCC(N)C(=O)NC(Cc1cnc[nH]1)C(=O)NC(Cc1ccccc1)C(=O)NC(CCC(N)=O)C(=O)O. The molecule has 1 aromatic heterocycles. The number of H-pyrrole nitrogens is 1. The highest BCUT2D eigenvalue weighted by Gasteiger charge is 2.31. The third kappa shape index (κ3) is 11.2. The molecule has 1 heterocycles. The van der Waals surface area contributed by atoms with E-state index in [0.29, 0.717) is 23.4 Å². The van der Waals surface area contributed by atoms with Gasteiger partial charge in [0.25, 0.3) is 0 Å². The Morgan fingerprint density at radius 2 is 1.56 bits per heavy atom. The molecule has 4 unspecified atom stereocenters. The third-order valence-corrected chi connectivity index (χ3v) is 6.44. The largest absolute Gasteiger partial charge is 0.480 e. The molecule has 0 fully saturated rings. The van der Waals surface area contributed by atoms with E-state index in [4.69, 9.17) is 11.5 Å². The number of imidazole rings is 1. The second kappa shape index (κ2) is 16.1. The number of carbonyl (C=O) groups excluding carboxylic acids is 4. The number of nitrogens with two attached hydrogens (primary N) is 2. The maximum absolute atomic E-state index is 13.4. The van der Waals surface area contributed by atoms with E-state index in [9.17, 15) is 29.1 Å². The Hall–Kier alpha value is -3.91. The fraction of sp³-hybridized carbons (Fsp3) is 0.440. The van der Waals surface area contributed by atoms with E-state index in [1.807, 2.05) is 6.26 Å². The van der Waals surface area contributed by atoms with Gasteiger partial charge in [0, 0.05) is 31.2 Å². The lowest BCUT2D eigenvalue weighted by Crippen LogP contribution is -2.58. The van der Waals surface area contributed by atoms with Crippen LogP contribution in [0.3, 0.4) is 0 Å². The summed E-state index contributed by atoms with van der Waals surface area (Å²) < 4.78 is 0. The average molecular weight is 562 g/mol. The van der Waals surface area contributed by atoms with Crippen molar-refractivity contribution in [3.05, 3.63) is 54.1 Å². The van der Waals surface area contributed by atoms with E-state index >= 15 is 0 Å². The lowest BCUT2D eigenvalue weighted by atomic mass is 10.0. The molecule has 1 aromatic carbocycles. The summed E-state index contributed by atoms with van der Waals surface area (Å²) >= 11 is 1.54. The van der Waals surface area contributed by atoms with Crippen molar-refractivity contribution in [3.63, 3.8) is 0 Å². The fourth-order valence-corrected chi connectivity index (χ4v) is 4.12. The molecule has 13 nitrogen and oxygen atoms in total. The van der Waals surface area contributed by atoms with Crippen LogP contribution in [0, 0.1) is 0 Å². The first-order valence-electron chi connectivity index (χ1n) is 12.3. The molecule has 0 aliphatic carbocycles. The van der Waals surface area contributed by atoms with E-state index in [-0.39, 0.29) is 25.7 Å². The van der Waals surface area contributed by atoms with Crippen molar-refractivity contribution in [2.45, 2.75) is 56.3 Å². The van der Waals surface area contributed by atoms with E-state index in [2.05, 4.69) is 25.9 Å². The van der Waals surface area contributed by atoms with Crippen molar-refractivity contribution in [3.8, 4) is 0 Å². The maximum atomic E-state index is 13.4. The van der Waals surface area contributed by atoms with Crippen LogP contribution in [0.25, 0.3) is 0 Å². The topological polar surface area (TPSA) is 222 Å². The van der Waals surface area contributed by atoms with Gasteiger partial charge < -0.3 is 37.5 Å². The molecule has 0 saturated carbocycles. The zero-order chi connectivity index (χ0) is 28.8. The smallest absolute Gasteiger partial charge is 0.326 e. The van der Waals surface area contributed by atoms with Gasteiger partial charge in [0.15, 0.2) is 0 Å². The number of carboxylic acid groups (broad SMARTS) is 1. The van der Waals surface area contributed by atoms with Crippen LogP contribution in [0.2, 0.25) is 0 Å². The van der Waals surface area contributed by atoms with Gasteiger partial charge >= 0.3 is 5.97 Å². The van der Waals surface area contributed by atoms with Gasteiger partial charge in [0.2, 0.25) is 23.6 Å². The molecule has 0 spiro atoms. The van der Waals surface area contributed by atoms with Gasteiger partial charge in [-0.15, -0.1) is 0 Å². The average Bonchev–Trinajstić information content (AvgIpc) is 3.42. The first kappa shape index (κ1) is 31.3. The predicted molar refractivity (Wildman–Crippen MR) is 145 cm³/mol. The van der Waals surface area contributed by atoms with Gasteiger partial charge in [0.1, 0.15) is 18.1 Å². The van der Waals surface area contributed by atoms with Crippen LogP contribution in [0.4, 0.5) is 0 Å². The number of thioether (sulfide) groups is 1. The number of aromatic nitrogens is 2. The van der Waals surface area contributed by atoms with Gasteiger partial charge in [-0.1, -0.05) is 30.3 Å². The monoisotopic (exact) mass is 561 g/mol. The number of nitrogens with one attached hydrogen (secondary N) is 4. The normalized spacial score (nSPS) is 13.9. The summed E-state index contributed by atoms with van der Waals surface area (Å²) in [5.41, 5.74) is 12.4. The zero-order valence-corrected chi connectivity index (χ0v) is 22.4. The molecule has 2 rings (SSSR count). The number of hydrogen-bond donors (Lipinski definition) is 7. The van der Waals surface area contributed by atoms with E-state index in [0.717, 1.165) is 0 Å². The van der Waals surface area contributed by atoms with Gasteiger partial charge in [-0.25, -0.2) is 9.78 Å². The molecule has 9 N–H and O–H groups in total. The first-order valence-corrected chi connectivity index (χ1v) is 13.7. The second-order valence-electron chi connectivity index (χ2n) is 8.89. The Morgan fingerprint density at radius 3 is 2.13 bits per heavy atom. The standard InChI is InChI=1S/C25H35N7O6S/c1-39-10-9-17(26)22(34)31-20(12-16-13-28-14-29-16)24(36)32-19(11-15-5-3-2-4-6-15)23(35)30-18(25(37)38)7-8-21(27)33/h2-6,13-14,17-20H,7-12,26H2,1H3,(H2,27,33)(H,28,29)(H,30,35)(H,31,34)(H,32,36)(H,37,38). The molecular formula is C25H35N7O6S. The molecule has 0 saturated heterocycles. The van der Waals surface area contributed by atoms with E-state index in [1.165, 1.54) is 24.3 Å². The van der Waals surface area contributed by atoms with Crippen LogP contribution in [0.15, 0.2) is 42.9 Å². The summed E-state index contributed by atoms with van der Waals surface area (Å²) in [6.07, 6.45) is 4.86. The molecule has 2 aromatic rings. The van der Waals surface area contributed by atoms with Crippen LogP contribution >= 0.6 is 11.8 Å². The van der Waals surface area contributed by atoms with Crippen LogP contribution < -0.4 is 27.4 Å². The molecular weight excluding hydrogens is 526 g/mol. The fourth-order valence-electron chi connectivity index (χ4n) is 3.63. The highest BCUT2D eigenvalue weighted by Crippen LogP contribution is 2.08. The highest BCUT2D eigenvalue weighted by atomic mass is 32.2. The number of aliphatic carboxylic acids is 1. The van der Waals surface area contributed by atoms with Gasteiger partial charge in [-0.2, -0.15) is 11.8 Å². The zero-order valence-electron chi connectivity index (χ0n) is 21.6. The number of benzene rings is 1. The van der Waals surface area contributed by atoms with Crippen molar-refractivity contribution >= 4 is 41.4 Å². The lowest BCUT2D eigenvalue weighted by Gasteiger charge is -2.25. The number of amides is 4. The Balaban J connectivity index is 2.25. The van der Waals surface area contributed by atoms with Gasteiger partial charge in [0.05, 0.1) is 12.4 Å². The minimum absolute atomic E-state index is 0.0402. The van der Waals surface area contributed by atoms with E-state index < -0.39 is 53.8 Å². The molecule has 14 heteroatoms. The Bertz CT molecular complexity index is 1100. The number of nitrogens with zero attached hydrogens (tertiary/aromatic N) is 1. The van der Waals surface area contributed by atoms with Crippen molar-refractivity contribution in [2.24, 2.45) is 11.5 Å². The summed E-state index contributed by atoms with van der Waals surface area (Å²) in [4.78, 5) is 69.0. The number of primary amides is 1. The summed E-state index contributed by atoms with van der Waals surface area (Å²) in [7, 11) is 0. The lowest BCUT2D eigenvalue weighted by molar-refractivity contribution is -0.142. The van der Waals surface area contributed by atoms with Crippen LogP contribution in [0.1, 0.15) is 30.5 Å². The summed E-state index contributed by atoms with van der Waals surface area (Å²) in [5.74, 6) is -3.37. The summed E-state index contributed by atoms with van der Waals surface area (Å²) in [5, 5.41) is 17.2. The van der Waals surface area contributed by atoms with Crippen LogP contribution in [-0.2, 0) is 36.8 Å². The molecule has 0 aliphatic rings. The van der Waals surface area contributed by atoms with Crippen LogP contribution in [-0.4, -0.2) is 80.8 Å². The van der Waals surface area contributed by atoms with Crippen molar-refractivity contribution in [2.75, 3.05) is 12.0 Å². The predicted octanol–water partition coefficient (Wildman–Crippen LogP) is -0.920. The number of hydrogen-bond acceptors (Lipinski definition) is 8. The molecule has 0 aliphatic heterocycles.